The summed E-state index contributed by atoms with van der Waals surface area (Å²) in [7, 11) is 2.17. The minimum absolute atomic E-state index is 0.0316. The number of carbonyl (C=O) groups excluding carboxylic acids is 4. The molecule has 6 aromatic rings. The van der Waals surface area contributed by atoms with E-state index in [0.29, 0.717) is 22.9 Å². The fourth-order valence-corrected chi connectivity index (χ4v) is 7.06. The number of anilines is 4. The molecule has 364 valence electrons. The second-order valence-electron chi connectivity index (χ2n) is 14.9. The van der Waals surface area contributed by atoms with Crippen molar-refractivity contribution in [1.29, 1.82) is 0 Å². The number of rotatable bonds is 17. The number of phenolic OH excluding ortho intramolecular Hbond substituents is 2. The van der Waals surface area contributed by atoms with Crippen molar-refractivity contribution in [3.05, 3.63) is 141 Å². The quantitative estimate of drug-likeness (QED) is 0.0335. The molecule has 20 nitrogen and oxygen atoms in total. The second-order valence-corrected chi connectivity index (χ2v) is 15.3. The molecule has 0 radical (unpaired) electrons. The van der Waals surface area contributed by atoms with Gasteiger partial charge in [-0.25, -0.2) is 4.79 Å². The highest BCUT2D eigenvalue weighted by atomic mass is 35.5. The van der Waals surface area contributed by atoms with Crippen LogP contribution in [-0.2, 0) is 22.2 Å². The number of nitrogens with one attached hydrogen (secondary N) is 6. The third-order valence-corrected chi connectivity index (χ3v) is 10.5. The molecule has 24 heteroatoms. The number of benzene rings is 5. The SMILES string of the molecule is COc1c(NC(O)c2ccc(NC(=O)c3c(Cl)cc(NC(=O)[C@H](Cc4cn[nH]n4)NC(=O)c4ccc(NC(=O)/C(C)=C/c5ccc(O)cc5)cc4)cc3C(F)(F)F)c(OC)c2O)ccc(C(=O)O)c1O. The molecule has 0 saturated heterocycles. The van der Waals surface area contributed by atoms with E-state index in [1.54, 1.807) is 25.1 Å². The molecule has 0 aliphatic carbocycles. The monoisotopic (exact) mass is 988 g/mol. The number of halogens is 4. The standard InChI is InChI=1S/C46H40ClF3N8O12/c1-21(16-22-4-10-27(59)11-5-22)40(62)52-24-8-6-23(7-9-24)41(63)56-34(19-26-20-51-58-57-26)43(65)53-25-17-30(46(48,49)50)35(31(47)18-25)44(66)55-33-14-12-28(36(60)38(33)69-2)42(64)54-32-15-13-29(45(67)68)37(61)39(32)70-3/h4-18,20,34,42,54,59-61,64H,19H2,1-3H3,(H,52,62)(H,53,65)(H,55,66)(H,56,63)(H,67,68)(H,51,57,58)/b21-16+/t34-,42?/m0/s1. The van der Waals surface area contributed by atoms with Gasteiger partial charge in [0, 0.05) is 34.5 Å². The van der Waals surface area contributed by atoms with E-state index in [4.69, 9.17) is 21.1 Å². The Morgan fingerprint density at radius 1 is 0.814 bits per heavy atom. The van der Waals surface area contributed by atoms with Crippen molar-refractivity contribution < 1.29 is 72.2 Å². The van der Waals surface area contributed by atoms with Crippen LogP contribution in [0.25, 0.3) is 6.08 Å². The number of aromatic amines is 1. The van der Waals surface area contributed by atoms with Crippen molar-refractivity contribution in [2.24, 2.45) is 0 Å². The Balaban J connectivity index is 1.18. The molecule has 1 aromatic heterocycles. The van der Waals surface area contributed by atoms with E-state index in [9.17, 15) is 62.7 Å². The minimum Gasteiger partial charge on any atom is -0.508 e. The zero-order valence-corrected chi connectivity index (χ0v) is 37.4. The number of aromatic hydroxyl groups is 3. The van der Waals surface area contributed by atoms with E-state index < -0.39 is 92.7 Å². The average Bonchev–Trinajstić information content (AvgIpc) is 3.82. The number of carboxylic acids is 1. The number of amides is 4. The van der Waals surface area contributed by atoms with Gasteiger partial charge in [-0.1, -0.05) is 23.7 Å². The third kappa shape index (κ3) is 11.8. The van der Waals surface area contributed by atoms with Gasteiger partial charge in [0.05, 0.1) is 53.6 Å². The molecule has 0 bridgehead atoms. The molecule has 0 spiro atoms. The van der Waals surface area contributed by atoms with Crippen LogP contribution in [-0.4, -0.2) is 90.8 Å². The number of carboxylic acid groups (broad SMARTS) is 1. The van der Waals surface area contributed by atoms with Crippen LogP contribution in [0.1, 0.15) is 66.6 Å². The second kappa shape index (κ2) is 21.4. The number of hydrogen-bond acceptors (Lipinski definition) is 14. The van der Waals surface area contributed by atoms with Gasteiger partial charge in [-0.3, -0.25) is 19.2 Å². The number of aliphatic hydroxyl groups excluding tert-OH is 1. The van der Waals surface area contributed by atoms with Crippen LogP contribution in [0.15, 0.2) is 96.7 Å². The Labute approximate surface area is 398 Å². The highest BCUT2D eigenvalue weighted by molar-refractivity contribution is 6.35. The zero-order valence-electron chi connectivity index (χ0n) is 36.6. The number of hydrogen-bond donors (Lipinski definition) is 11. The van der Waals surface area contributed by atoms with Gasteiger partial charge in [0.1, 0.15) is 17.4 Å². The number of methoxy groups -OCH3 is 2. The van der Waals surface area contributed by atoms with E-state index in [0.717, 1.165) is 44.6 Å². The van der Waals surface area contributed by atoms with Gasteiger partial charge in [0.25, 0.3) is 17.7 Å². The van der Waals surface area contributed by atoms with Crippen molar-refractivity contribution >= 4 is 70.0 Å². The molecule has 1 unspecified atom stereocenters. The van der Waals surface area contributed by atoms with Crippen molar-refractivity contribution in [3.8, 4) is 28.7 Å². The molecule has 11 N–H and O–H groups in total. The van der Waals surface area contributed by atoms with Crippen LogP contribution < -0.4 is 36.1 Å². The number of aromatic carboxylic acids is 1. The first-order chi connectivity index (χ1) is 33.2. The van der Waals surface area contributed by atoms with Gasteiger partial charge >= 0.3 is 12.1 Å². The lowest BCUT2D eigenvalue weighted by Crippen LogP contribution is -2.45. The molecular weight excluding hydrogens is 949 g/mol. The molecule has 70 heavy (non-hydrogen) atoms. The van der Waals surface area contributed by atoms with Crippen molar-refractivity contribution in [3.63, 3.8) is 0 Å². The van der Waals surface area contributed by atoms with Crippen LogP contribution in [0.3, 0.4) is 0 Å². The molecule has 2 atom stereocenters. The van der Waals surface area contributed by atoms with E-state index >= 15 is 0 Å². The Morgan fingerprint density at radius 3 is 2.09 bits per heavy atom. The number of H-pyrrole nitrogens is 1. The van der Waals surface area contributed by atoms with E-state index in [1.807, 2.05) is 0 Å². The number of alkyl halides is 3. The molecule has 5 aromatic carbocycles. The fourth-order valence-electron chi connectivity index (χ4n) is 6.75. The smallest absolute Gasteiger partial charge is 0.417 e. The summed E-state index contributed by atoms with van der Waals surface area (Å²) >= 11 is 6.33. The van der Waals surface area contributed by atoms with Gasteiger partial charge < -0.3 is 61.6 Å². The lowest BCUT2D eigenvalue weighted by Gasteiger charge is -2.22. The molecule has 1 heterocycles. The fraction of sp³-hybridized carbons (Fsp3) is 0.152. The van der Waals surface area contributed by atoms with Gasteiger partial charge in [0.15, 0.2) is 29.2 Å². The predicted octanol–water partition coefficient (Wildman–Crippen LogP) is 6.69. The Hall–Kier alpha value is -8.83. The Morgan fingerprint density at radius 2 is 1.47 bits per heavy atom. The summed E-state index contributed by atoms with van der Waals surface area (Å²) in [4.78, 5) is 65.0. The summed E-state index contributed by atoms with van der Waals surface area (Å²) in [6, 6.07) is 15.9. The number of phenols is 3. The van der Waals surface area contributed by atoms with Crippen molar-refractivity contribution in [1.82, 2.24) is 20.7 Å². The normalized spacial score (nSPS) is 12.3. The molecule has 6 rings (SSSR count). The van der Waals surface area contributed by atoms with Crippen LogP contribution >= 0.6 is 11.6 Å². The molecule has 0 saturated carbocycles. The summed E-state index contributed by atoms with van der Waals surface area (Å²) in [5.74, 6) is -7.58. The average molecular weight is 989 g/mol. The Kier molecular flexibility index (Phi) is 15.5. The number of ether oxygens (including phenoxy) is 2. The summed E-state index contributed by atoms with van der Waals surface area (Å²) in [5, 5.41) is 72.5. The lowest BCUT2D eigenvalue weighted by atomic mass is 10.0. The van der Waals surface area contributed by atoms with E-state index in [1.165, 1.54) is 42.6 Å². The predicted molar refractivity (Wildman–Crippen MR) is 246 cm³/mol. The van der Waals surface area contributed by atoms with Crippen molar-refractivity contribution in [2.75, 3.05) is 35.5 Å². The van der Waals surface area contributed by atoms with Gasteiger partial charge in [-0.05, 0) is 91.4 Å². The molecular formula is C46H40ClF3N8O12. The number of carbonyl (C=O) groups is 5. The highest BCUT2D eigenvalue weighted by Gasteiger charge is 2.38. The first-order valence-electron chi connectivity index (χ1n) is 20.2. The number of aromatic nitrogens is 3. The zero-order chi connectivity index (χ0) is 51.0. The van der Waals surface area contributed by atoms with E-state index in [-0.39, 0.29) is 46.1 Å². The first kappa shape index (κ1) is 50.6. The molecule has 0 fully saturated rings. The topological polar surface area (TPSA) is 307 Å². The minimum atomic E-state index is -5.26. The van der Waals surface area contributed by atoms with Crippen LogP contribution in [0.4, 0.5) is 35.9 Å². The van der Waals surface area contributed by atoms with Crippen LogP contribution in [0.5, 0.6) is 28.7 Å². The lowest BCUT2D eigenvalue weighted by molar-refractivity contribution is -0.138. The summed E-state index contributed by atoms with van der Waals surface area (Å²) < 4.78 is 54.4. The largest absolute Gasteiger partial charge is 0.508 e. The molecule has 0 aliphatic rings. The third-order valence-electron chi connectivity index (χ3n) is 10.2. The maximum Gasteiger partial charge on any atom is 0.417 e. The van der Waals surface area contributed by atoms with Gasteiger partial charge in [-0.15, -0.1) is 0 Å². The Bertz CT molecular complexity index is 2990. The van der Waals surface area contributed by atoms with E-state index in [2.05, 4.69) is 42.0 Å². The summed E-state index contributed by atoms with van der Waals surface area (Å²) in [6.45, 7) is 1.58. The summed E-state index contributed by atoms with van der Waals surface area (Å²) in [5.41, 5.74) is -3.02. The van der Waals surface area contributed by atoms with Gasteiger partial charge in [-0.2, -0.15) is 28.6 Å². The van der Waals surface area contributed by atoms with Crippen molar-refractivity contribution in [2.45, 2.75) is 31.8 Å². The maximum absolute atomic E-state index is 14.7. The highest BCUT2D eigenvalue weighted by Crippen LogP contribution is 2.44. The number of aliphatic hydroxyl groups is 1. The van der Waals surface area contributed by atoms with Gasteiger partial charge in [0.2, 0.25) is 5.91 Å². The summed E-state index contributed by atoms with van der Waals surface area (Å²) in [6.07, 6.45) is -4.52. The molecule has 4 amide bonds. The first-order valence-corrected chi connectivity index (χ1v) is 20.6. The number of nitrogens with zero attached hydrogens (tertiary/aromatic N) is 2. The maximum atomic E-state index is 14.7. The van der Waals surface area contributed by atoms with Crippen LogP contribution in [0, 0.1) is 0 Å². The molecule has 0 aliphatic heterocycles. The van der Waals surface area contributed by atoms with Crippen LogP contribution in [0.2, 0.25) is 5.02 Å².